The zero-order valence-corrected chi connectivity index (χ0v) is 14.9. The number of rotatable bonds is 5. The minimum absolute atomic E-state index is 0.0192. The van der Waals surface area contributed by atoms with Gasteiger partial charge in [0, 0.05) is 24.1 Å². The Morgan fingerprint density at radius 3 is 2.24 bits per heavy atom. The SMILES string of the molecule is N#Cc1ccc(C(=O)CC(c2ccc(C(F)(F)F)cc2)c2ncccc2F)cc1. The third-order valence-corrected chi connectivity index (χ3v) is 4.48. The summed E-state index contributed by atoms with van der Waals surface area (Å²) < 4.78 is 52.9. The van der Waals surface area contributed by atoms with Crippen LogP contribution in [-0.2, 0) is 6.18 Å². The minimum Gasteiger partial charge on any atom is -0.294 e. The highest BCUT2D eigenvalue weighted by Gasteiger charge is 2.31. The number of benzene rings is 2. The zero-order chi connectivity index (χ0) is 21.0. The number of carbonyl (C=O) groups excluding carboxylic acids is 1. The van der Waals surface area contributed by atoms with E-state index in [-0.39, 0.29) is 17.9 Å². The van der Waals surface area contributed by atoms with Crippen LogP contribution in [-0.4, -0.2) is 10.8 Å². The second kappa shape index (κ2) is 8.23. The maximum atomic E-state index is 14.4. The van der Waals surface area contributed by atoms with Crippen LogP contribution >= 0.6 is 0 Å². The average molecular weight is 398 g/mol. The van der Waals surface area contributed by atoms with Crippen molar-refractivity contribution in [2.24, 2.45) is 0 Å². The molecule has 3 aromatic rings. The van der Waals surface area contributed by atoms with Crippen molar-refractivity contribution in [2.45, 2.75) is 18.5 Å². The largest absolute Gasteiger partial charge is 0.416 e. The number of ketones is 1. The van der Waals surface area contributed by atoms with Gasteiger partial charge in [-0.25, -0.2) is 4.39 Å². The van der Waals surface area contributed by atoms with E-state index in [0.29, 0.717) is 16.7 Å². The quantitative estimate of drug-likeness (QED) is 0.420. The number of Topliss-reactive ketones (excluding diaryl/α,β-unsaturated/α-hetero) is 1. The maximum Gasteiger partial charge on any atom is 0.416 e. The number of nitriles is 1. The Bertz CT molecular complexity index is 1050. The van der Waals surface area contributed by atoms with E-state index in [0.717, 1.165) is 12.1 Å². The van der Waals surface area contributed by atoms with Crippen LogP contribution in [0.25, 0.3) is 0 Å². The second-order valence-electron chi connectivity index (χ2n) is 6.36. The van der Waals surface area contributed by atoms with E-state index in [4.69, 9.17) is 5.26 Å². The van der Waals surface area contributed by atoms with Gasteiger partial charge in [0.05, 0.1) is 22.9 Å². The van der Waals surface area contributed by atoms with E-state index < -0.39 is 23.5 Å². The maximum absolute atomic E-state index is 14.4. The number of alkyl halides is 3. The molecular weight excluding hydrogens is 384 g/mol. The van der Waals surface area contributed by atoms with E-state index in [2.05, 4.69) is 4.98 Å². The molecule has 7 heteroatoms. The highest BCUT2D eigenvalue weighted by molar-refractivity contribution is 5.96. The first-order valence-corrected chi connectivity index (χ1v) is 8.60. The molecule has 1 heterocycles. The van der Waals surface area contributed by atoms with Crippen LogP contribution in [0, 0.1) is 17.1 Å². The minimum atomic E-state index is -4.50. The van der Waals surface area contributed by atoms with E-state index >= 15 is 0 Å². The van der Waals surface area contributed by atoms with Crippen molar-refractivity contribution in [1.82, 2.24) is 4.98 Å². The lowest BCUT2D eigenvalue weighted by Gasteiger charge is -2.18. The molecule has 0 radical (unpaired) electrons. The Morgan fingerprint density at radius 2 is 1.69 bits per heavy atom. The fourth-order valence-corrected chi connectivity index (χ4v) is 2.97. The molecular formula is C22H14F4N2O. The van der Waals surface area contributed by atoms with Gasteiger partial charge in [-0.05, 0) is 42.0 Å². The van der Waals surface area contributed by atoms with Crippen LogP contribution in [0.15, 0.2) is 66.9 Å². The molecule has 1 aromatic heterocycles. The van der Waals surface area contributed by atoms with Gasteiger partial charge in [0.2, 0.25) is 0 Å². The van der Waals surface area contributed by atoms with Gasteiger partial charge in [-0.1, -0.05) is 24.3 Å². The van der Waals surface area contributed by atoms with Gasteiger partial charge in [0.25, 0.3) is 0 Å². The summed E-state index contributed by atoms with van der Waals surface area (Å²) in [5.74, 6) is -1.85. The van der Waals surface area contributed by atoms with Crippen LogP contribution in [0.1, 0.15) is 45.1 Å². The molecule has 1 atom stereocenters. The lowest BCUT2D eigenvalue weighted by atomic mass is 9.87. The smallest absolute Gasteiger partial charge is 0.294 e. The normalized spacial score (nSPS) is 12.2. The molecule has 0 bridgehead atoms. The van der Waals surface area contributed by atoms with E-state index in [1.807, 2.05) is 6.07 Å². The number of aromatic nitrogens is 1. The first-order valence-electron chi connectivity index (χ1n) is 8.60. The molecule has 0 amide bonds. The standard InChI is InChI=1S/C22H14F4N2O/c23-19-2-1-11-28-21(19)18(15-7-9-17(10-8-15)22(24,25)26)12-20(29)16-5-3-14(13-27)4-6-16/h1-11,18H,12H2. The van der Waals surface area contributed by atoms with Crippen LogP contribution in [0.2, 0.25) is 0 Å². The van der Waals surface area contributed by atoms with Crippen LogP contribution in [0.5, 0.6) is 0 Å². The first-order chi connectivity index (χ1) is 13.8. The fraction of sp³-hybridized carbons (Fsp3) is 0.136. The molecule has 0 saturated carbocycles. The van der Waals surface area contributed by atoms with Crippen molar-refractivity contribution < 1.29 is 22.4 Å². The summed E-state index contributed by atoms with van der Waals surface area (Å²) in [7, 11) is 0. The molecule has 2 aromatic carbocycles. The lowest BCUT2D eigenvalue weighted by molar-refractivity contribution is -0.137. The summed E-state index contributed by atoms with van der Waals surface area (Å²) in [6, 6.07) is 14.7. The molecule has 0 fully saturated rings. The van der Waals surface area contributed by atoms with Gasteiger partial charge < -0.3 is 0 Å². The summed E-state index contributed by atoms with van der Waals surface area (Å²) in [4.78, 5) is 16.7. The lowest BCUT2D eigenvalue weighted by Crippen LogP contribution is -2.13. The Hall–Kier alpha value is -3.53. The summed E-state index contributed by atoms with van der Waals surface area (Å²) >= 11 is 0. The van der Waals surface area contributed by atoms with E-state index in [9.17, 15) is 22.4 Å². The Kier molecular flexibility index (Phi) is 5.74. The van der Waals surface area contributed by atoms with E-state index in [1.54, 1.807) is 0 Å². The summed E-state index contributed by atoms with van der Waals surface area (Å²) in [6.45, 7) is 0. The van der Waals surface area contributed by atoms with Gasteiger partial charge in [-0.2, -0.15) is 18.4 Å². The zero-order valence-electron chi connectivity index (χ0n) is 14.9. The Labute approximate surface area is 164 Å². The van der Waals surface area contributed by atoms with Gasteiger partial charge in [0.15, 0.2) is 5.78 Å². The summed E-state index contributed by atoms with van der Waals surface area (Å²) in [5.41, 5.74) is 0.195. The number of hydrogen-bond acceptors (Lipinski definition) is 3. The third-order valence-electron chi connectivity index (χ3n) is 4.48. The molecule has 0 aliphatic heterocycles. The molecule has 0 aliphatic carbocycles. The number of nitrogens with zero attached hydrogens (tertiary/aromatic N) is 2. The topological polar surface area (TPSA) is 53.8 Å². The van der Waals surface area contributed by atoms with Gasteiger partial charge in [-0.3, -0.25) is 9.78 Å². The highest BCUT2D eigenvalue weighted by atomic mass is 19.4. The molecule has 3 rings (SSSR count). The van der Waals surface area contributed by atoms with Gasteiger partial charge in [0.1, 0.15) is 5.82 Å². The number of hydrogen-bond donors (Lipinski definition) is 0. The fourth-order valence-electron chi connectivity index (χ4n) is 2.97. The number of carbonyl (C=O) groups is 1. The van der Waals surface area contributed by atoms with Crippen molar-refractivity contribution >= 4 is 5.78 Å². The Morgan fingerprint density at radius 1 is 1.03 bits per heavy atom. The molecule has 0 saturated heterocycles. The molecule has 3 nitrogen and oxygen atoms in total. The van der Waals surface area contributed by atoms with Crippen molar-refractivity contribution in [3.05, 3.63) is 101 Å². The molecule has 0 spiro atoms. The monoisotopic (exact) mass is 398 g/mol. The predicted molar refractivity (Wildman–Crippen MR) is 97.6 cm³/mol. The predicted octanol–water partition coefficient (Wildman–Crippen LogP) is 5.52. The van der Waals surface area contributed by atoms with Gasteiger partial charge >= 0.3 is 6.18 Å². The van der Waals surface area contributed by atoms with Crippen LogP contribution < -0.4 is 0 Å². The first kappa shape index (κ1) is 20.2. The molecule has 0 N–H and O–H groups in total. The van der Waals surface area contributed by atoms with Crippen LogP contribution in [0.3, 0.4) is 0 Å². The van der Waals surface area contributed by atoms with Crippen molar-refractivity contribution in [1.29, 1.82) is 5.26 Å². The van der Waals surface area contributed by atoms with Crippen molar-refractivity contribution in [3.63, 3.8) is 0 Å². The highest BCUT2D eigenvalue weighted by Crippen LogP contribution is 2.33. The Balaban J connectivity index is 1.96. The molecule has 146 valence electrons. The molecule has 29 heavy (non-hydrogen) atoms. The summed E-state index contributed by atoms with van der Waals surface area (Å²) in [5, 5.41) is 8.86. The molecule has 0 aliphatic rings. The average Bonchev–Trinajstić information content (AvgIpc) is 2.72. The van der Waals surface area contributed by atoms with Crippen molar-refractivity contribution in [3.8, 4) is 6.07 Å². The second-order valence-corrected chi connectivity index (χ2v) is 6.36. The van der Waals surface area contributed by atoms with E-state index in [1.165, 1.54) is 54.7 Å². The van der Waals surface area contributed by atoms with Gasteiger partial charge in [-0.15, -0.1) is 0 Å². The summed E-state index contributed by atoms with van der Waals surface area (Å²) in [6.07, 6.45) is -3.32. The number of halogens is 4. The molecule has 1 unspecified atom stereocenters. The van der Waals surface area contributed by atoms with Crippen LogP contribution in [0.4, 0.5) is 17.6 Å². The number of pyridine rings is 1. The van der Waals surface area contributed by atoms with Crippen molar-refractivity contribution in [2.75, 3.05) is 0 Å². The third kappa shape index (κ3) is 4.66.